The fourth-order valence-electron chi connectivity index (χ4n) is 4.51. The van der Waals surface area contributed by atoms with E-state index in [-0.39, 0.29) is 24.3 Å². The Balaban J connectivity index is 1.33. The van der Waals surface area contributed by atoms with Gasteiger partial charge in [-0.25, -0.2) is 23.1 Å². The van der Waals surface area contributed by atoms with Crippen LogP contribution in [0.25, 0.3) is 10.4 Å². The Kier molecular flexibility index (Phi) is 7.58. The van der Waals surface area contributed by atoms with Crippen LogP contribution < -0.4 is 10.1 Å². The number of aromatic nitrogens is 2. The molecule has 4 heterocycles. The van der Waals surface area contributed by atoms with Crippen molar-refractivity contribution in [1.29, 1.82) is 0 Å². The molecule has 196 valence electrons. The van der Waals surface area contributed by atoms with Crippen LogP contribution in [0.15, 0.2) is 36.7 Å². The second-order valence-corrected chi connectivity index (χ2v) is 9.79. The van der Waals surface area contributed by atoms with Gasteiger partial charge in [0.1, 0.15) is 11.6 Å². The molecule has 0 radical (unpaired) electrons. The summed E-state index contributed by atoms with van der Waals surface area (Å²) in [5, 5.41) is 3.89. The molecule has 1 amide bonds. The average molecular weight is 534 g/mol. The number of hydrogen-bond acceptors (Lipinski definition) is 8. The first-order chi connectivity index (χ1) is 17.9. The predicted octanol–water partition coefficient (Wildman–Crippen LogP) is 4.35. The number of anilines is 2. The number of fused-ring (bicyclic) bond motifs is 1. The van der Waals surface area contributed by atoms with Crippen molar-refractivity contribution >= 4 is 28.2 Å². The van der Waals surface area contributed by atoms with Crippen molar-refractivity contribution < 1.29 is 27.4 Å². The van der Waals surface area contributed by atoms with Gasteiger partial charge in [0.15, 0.2) is 5.13 Å². The lowest BCUT2D eigenvalue weighted by Gasteiger charge is -2.31. The van der Waals surface area contributed by atoms with Gasteiger partial charge < -0.3 is 19.7 Å². The number of nitrogens with zero attached hydrogens (tertiary/aromatic N) is 4. The molecule has 3 aromatic rings. The summed E-state index contributed by atoms with van der Waals surface area (Å²) < 4.78 is 50.5. The number of halogens is 3. The van der Waals surface area contributed by atoms with Gasteiger partial charge in [-0.3, -0.25) is 9.69 Å². The van der Waals surface area contributed by atoms with E-state index in [0.717, 1.165) is 48.9 Å². The number of thiazole rings is 1. The van der Waals surface area contributed by atoms with Crippen LogP contribution in [0, 0.1) is 0 Å². The number of nitrogens with one attached hydrogen (secondary N) is 1. The number of ether oxygens (including phenoxy) is 2. The summed E-state index contributed by atoms with van der Waals surface area (Å²) in [7, 11) is 1.39. The molecular weight excluding hydrogens is 507 g/mol. The lowest BCUT2D eigenvalue weighted by atomic mass is 9.95. The highest BCUT2D eigenvalue weighted by atomic mass is 32.1. The van der Waals surface area contributed by atoms with E-state index in [4.69, 9.17) is 9.47 Å². The molecule has 0 bridgehead atoms. The van der Waals surface area contributed by atoms with E-state index in [1.54, 1.807) is 24.5 Å². The first-order valence-corrected chi connectivity index (χ1v) is 12.7. The summed E-state index contributed by atoms with van der Waals surface area (Å²) >= 11 is 1.40. The maximum atomic E-state index is 13.9. The third-order valence-corrected chi connectivity index (χ3v) is 7.33. The highest BCUT2D eigenvalue weighted by Gasteiger charge is 2.37. The third-order valence-electron chi connectivity index (χ3n) is 6.37. The second-order valence-electron chi connectivity index (χ2n) is 8.76. The zero-order chi connectivity index (χ0) is 25.9. The van der Waals surface area contributed by atoms with Crippen molar-refractivity contribution in [1.82, 2.24) is 19.8 Å². The zero-order valence-electron chi connectivity index (χ0n) is 20.1. The maximum Gasteiger partial charge on any atom is 0.287 e. The van der Waals surface area contributed by atoms with Gasteiger partial charge in [-0.15, -0.1) is 0 Å². The summed E-state index contributed by atoms with van der Waals surface area (Å²) in [4.78, 5) is 25.4. The number of alkyl halides is 3. The molecule has 37 heavy (non-hydrogen) atoms. The Morgan fingerprint density at radius 3 is 2.73 bits per heavy atom. The summed E-state index contributed by atoms with van der Waals surface area (Å²) in [6.45, 7) is 3.96. The summed E-state index contributed by atoms with van der Waals surface area (Å²) in [6.07, 6.45) is -2.22. The molecule has 1 atom stereocenters. The van der Waals surface area contributed by atoms with Crippen molar-refractivity contribution in [2.45, 2.75) is 25.7 Å². The predicted molar refractivity (Wildman–Crippen MR) is 133 cm³/mol. The van der Waals surface area contributed by atoms with Crippen molar-refractivity contribution in [2.75, 3.05) is 45.3 Å². The van der Waals surface area contributed by atoms with E-state index in [1.165, 1.54) is 18.4 Å². The molecule has 2 aliphatic heterocycles. The molecule has 1 saturated heterocycles. The van der Waals surface area contributed by atoms with Gasteiger partial charge in [0, 0.05) is 38.6 Å². The Hall–Kier alpha value is -3.22. The first-order valence-electron chi connectivity index (χ1n) is 11.9. The van der Waals surface area contributed by atoms with Gasteiger partial charge in [0.05, 0.1) is 30.8 Å². The SMILES string of the molecule is COc1cc(-c2cnc(Nc3cc(CN4CCOCC4)ccn3)s2)cc2c1C(=O)N(C(F)C(F)F)CC2. The number of carbonyl (C=O) groups is 1. The fourth-order valence-corrected chi connectivity index (χ4v) is 5.32. The Morgan fingerprint density at radius 1 is 1.16 bits per heavy atom. The molecule has 1 unspecified atom stereocenters. The Morgan fingerprint density at radius 2 is 1.97 bits per heavy atom. The maximum absolute atomic E-state index is 13.9. The number of methoxy groups -OCH3 is 1. The number of morpholine rings is 1. The minimum Gasteiger partial charge on any atom is -0.496 e. The van der Waals surface area contributed by atoms with Gasteiger partial charge in [-0.2, -0.15) is 0 Å². The lowest BCUT2D eigenvalue weighted by Crippen LogP contribution is -2.46. The lowest BCUT2D eigenvalue weighted by molar-refractivity contribution is -0.0382. The smallest absolute Gasteiger partial charge is 0.287 e. The van der Waals surface area contributed by atoms with Crippen LogP contribution >= 0.6 is 11.3 Å². The van der Waals surface area contributed by atoms with E-state index in [2.05, 4.69) is 20.2 Å². The van der Waals surface area contributed by atoms with Gasteiger partial charge in [-0.05, 0) is 47.4 Å². The first kappa shape index (κ1) is 25.4. The largest absolute Gasteiger partial charge is 0.496 e. The molecule has 12 heteroatoms. The van der Waals surface area contributed by atoms with E-state index >= 15 is 0 Å². The molecule has 0 saturated carbocycles. The van der Waals surface area contributed by atoms with Crippen molar-refractivity contribution in [3.05, 3.63) is 53.3 Å². The Bertz CT molecular complexity index is 1250. The molecule has 1 N–H and O–H groups in total. The van der Waals surface area contributed by atoms with Crippen molar-refractivity contribution in [3.8, 4) is 16.2 Å². The molecule has 8 nitrogen and oxygen atoms in total. The molecule has 1 fully saturated rings. The minimum absolute atomic E-state index is 0.116. The summed E-state index contributed by atoms with van der Waals surface area (Å²) in [5.74, 6) is 0.0939. The number of amides is 1. The van der Waals surface area contributed by atoms with Gasteiger partial charge >= 0.3 is 0 Å². The van der Waals surface area contributed by atoms with Crippen LogP contribution in [0.1, 0.15) is 21.5 Å². The van der Waals surface area contributed by atoms with Crippen molar-refractivity contribution in [3.63, 3.8) is 0 Å². The molecule has 5 rings (SSSR count). The zero-order valence-corrected chi connectivity index (χ0v) is 20.9. The number of hydrogen-bond donors (Lipinski definition) is 1. The molecule has 1 aromatic carbocycles. The van der Waals surface area contributed by atoms with Crippen LogP contribution in [0.4, 0.5) is 24.1 Å². The van der Waals surface area contributed by atoms with Crippen molar-refractivity contribution in [2.24, 2.45) is 0 Å². The van der Waals surface area contributed by atoms with Gasteiger partial charge in [0.2, 0.25) is 6.30 Å². The molecule has 2 aliphatic rings. The number of pyridine rings is 1. The molecular formula is C25H26F3N5O3S. The van der Waals surface area contributed by atoms with Gasteiger partial charge in [0.25, 0.3) is 12.3 Å². The number of benzene rings is 1. The summed E-state index contributed by atoms with van der Waals surface area (Å²) in [6, 6.07) is 7.44. The van der Waals surface area contributed by atoms with Gasteiger partial charge in [-0.1, -0.05) is 11.3 Å². The van der Waals surface area contributed by atoms with E-state index < -0.39 is 18.6 Å². The highest BCUT2D eigenvalue weighted by molar-refractivity contribution is 7.18. The monoisotopic (exact) mass is 533 g/mol. The van der Waals surface area contributed by atoms with E-state index in [9.17, 15) is 18.0 Å². The van der Waals surface area contributed by atoms with E-state index in [1.807, 2.05) is 12.1 Å². The van der Waals surface area contributed by atoms with Crippen LogP contribution in [0.3, 0.4) is 0 Å². The summed E-state index contributed by atoms with van der Waals surface area (Å²) in [5.41, 5.74) is 2.64. The highest BCUT2D eigenvalue weighted by Crippen LogP contribution is 2.38. The second kappa shape index (κ2) is 11.0. The topological polar surface area (TPSA) is 79.8 Å². The average Bonchev–Trinajstić information content (AvgIpc) is 3.37. The van der Waals surface area contributed by atoms with Crippen LogP contribution in [0.2, 0.25) is 0 Å². The number of rotatable bonds is 8. The van der Waals surface area contributed by atoms with Crippen LogP contribution in [-0.4, -0.2) is 78.4 Å². The quantitative estimate of drug-likeness (QED) is 0.432. The molecule has 0 spiro atoms. The minimum atomic E-state index is -3.27. The fraction of sp³-hybridized carbons (Fsp3) is 0.400. The molecule has 2 aromatic heterocycles. The van der Waals surface area contributed by atoms with E-state index in [0.29, 0.717) is 21.4 Å². The van der Waals surface area contributed by atoms with Crippen LogP contribution in [-0.2, 0) is 17.7 Å². The molecule has 0 aliphatic carbocycles. The number of carbonyl (C=O) groups excluding carboxylic acids is 1. The standard InChI is InChI=1S/C25H26F3N5O3S/c1-35-18-12-17(11-16-3-5-33(23(28)22(26)27)24(34)21(16)18)19-13-30-25(37-19)31-20-10-15(2-4-29-20)14-32-6-8-36-9-7-32/h2,4,10-13,22-23H,3,5-9,14H2,1H3,(H,29,30,31). The van der Waals surface area contributed by atoms with Crippen LogP contribution in [0.5, 0.6) is 5.75 Å². The normalized spacial score (nSPS) is 17.1. The Labute approximate surface area is 216 Å². The third kappa shape index (κ3) is 5.55.